The van der Waals surface area contributed by atoms with Crippen LogP contribution in [0.15, 0.2) is 84.3 Å². The molecule has 0 fully saturated rings. The third-order valence-electron chi connectivity index (χ3n) is 5.37. The standard InChI is InChI=1S/C24H21N5OS/c1-17-14-18-8-5-6-12-21(18)28(17)22(30)16-31-24-27-26-23(19-9-7-13-25-15-19)29(24)20-10-3-2-4-11-20/h2-13,15,17H,14,16H2,1H3. The molecule has 1 aliphatic rings. The Hall–Kier alpha value is -3.45. The maximum Gasteiger partial charge on any atom is 0.237 e. The Labute approximate surface area is 185 Å². The van der Waals surface area contributed by atoms with Gasteiger partial charge < -0.3 is 4.90 Å². The Kier molecular flexibility index (Phi) is 5.26. The van der Waals surface area contributed by atoms with Crippen LogP contribution in [0.4, 0.5) is 5.69 Å². The fraction of sp³-hybridized carbons (Fsp3) is 0.167. The van der Waals surface area contributed by atoms with E-state index in [4.69, 9.17) is 0 Å². The zero-order chi connectivity index (χ0) is 21.2. The highest BCUT2D eigenvalue weighted by Gasteiger charge is 2.30. The van der Waals surface area contributed by atoms with Crippen LogP contribution in [0.2, 0.25) is 0 Å². The van der Waals surface area contributed by atoms with Crippen LogP contribution in [-0.4, -0.2) is 37.5 Å². The van der Waals surface area contributed by atoms with Gasteiger partial charge in [-0.3, -0.25) is 14.3 Å². The van der Waals surface area contributed by atoms with Gasteiger partial charge in [0.25, 0.3) is 0 Å². The van der Waals surface area contributed by atoms with Gasteiger partial charge in [-0.25, -0.2) is 0 Å². The molecule has 6 nitrogen and oxygen atoms in total. The minimum absolute atomic E-state index is 0.0768. The maximum atomic E-state index is 13.2. The van der Waals surface area contributed by atoms with Crippen LogP contribution < -0.4 is 4.90 Å². The summed E-state index contributed by atoms with van der Waals surface area (Å²) in [5.74, 6) is 1.07. The molecule has 0 N–H and O–H groups in total. The molecule has 0 spiro atoms. The van der Waals surface area contributed by atoms with Crippen LogP contribution in [0, 0.1) is 0 Å². The fourth-order valence-corrected chi connectivity index (χ4v) is 4.81. The van der Waals surface area contributed by atoms with Crippen LogP contribution in [0.1, 0.15) is 12.5 Å². The summed E-state index contributed by atoms with van der Waals surface area (Å²) in [5.41, 5.74) is 4.06. The minimum atomic E-state index is 0.0768. The second-order valence-electron chi connectivity index (χ2n) is 7.45. The minimum Gasteiger partial charge on any atom is -0.308 e. The predicted molar refractivity (Wildman–Crippen MR) is 122 cm³/mol. The molecular weight excluding hydrogens is 406 g/mol. The van der Waals surface area contributed by atoms with Crippen LogP contribution in [0.3, 0.4) is 0 Å². The van der Waals surface area contributed by atoms with E-state index in [0.29, 0.717) is 11.0 Å². The number of benzene rings is 2. The van der Waals surface area contributed by atoms with Gasteiger partial charge >= 0.3 is 0 Å². The van der Waals surface area contributed by atoms with Crippen molar-refractivity contribution in [1.82, 2.24) is 19.7 Å². The highest BCUT2D eigenvalue weighted by molar-refractivity contribution is 7.99. The molecule has 0 aliphatic carbocycles. The molecule has 7 heteroatoms. The van der Waals surface area contributed by atoms with Gasteiger partial charge in [-0.2, -0.15) is 0 Å². The second kappa shape index (κ2) is 8.35. The van der Waals surface area contributed by atoms with Gasteiger partial charge in [0.15, 0.2) is 11.0 Å². The number of amides is 1. The number of pyridine rings is 1. The summed E-state index contributed by atoms with van der Waals surface area (Å²) in [5, 5.41) is 9.50. The van der Waals surface area contributed by atoms with Crippen molar-refractivity contribution in [2.75, 3.05) is 10.7 Å². The van der Waals surface area contributed by atoms with Crippen LogP contribution in [-0.2, 0) is 11.2 Å². The number of nitrogens with zero attached hydrogens (tertiary/aromatic N) is 5. The normalized spacial score (nSPS) is 15.1. The summed E-state index contributed by atoms with van der Waals surface area (Å²) in [6.45, 7) is 2.09. The summed E-state index contributed by atoms with van der Waals surface area (Å²) in [7, 11) is 0. The molecule has 0 saturated carbocycles. The number of anilines is 1. The molecule has 0 saturated heterocycles. The fourth-order valence-electron chi connectivity index (χ4n) is 4.00. The van der Waals surface area contributed by atoms with Gasteiger partial charge in [-0.05, 0) is 49.2 Å². The average molecular weight is 428 g/mol. The van der Waals surface area contributed by atoms with Crippen molar-refractivity contribution in [2.45, 2.75) is 24.5 Å². The molecule has 5 rings (SSSR count). The Morgan fingerprint density at radius 3 is 2.65 bits per heavy atom. The lowest BCUT2D eigenvalue weighted by atomic mass is 10.1. The number of hydrogen-bond donors (Lipinski definition) is 0. The van der Waals surface area contributed by atoms with Gasteiger partial charge in [0, 0.05) is 35.4 Å². The van der Waals surface area contributed by atoms with Gasteiger partial charge in [0.1, 0.15) is 0 Å². The summed E-state index contributed by atoms with van der Waals surface area (Å²) in [6.07, 6.45) is 4.39. The predicted octanol–water partition coefficient (Wildman–Crippen LogP) is 4.40. The number of hydrogen-bond acceptors (Lipinski definition) is 5. The topological polar surface area (TPSA) is 63.9 Å². The second-order valence-corrected chi connectivity index (χ2v) is 8.40. The van der Waals surface area contributed by atoms with E-state index in [1.807, 2.05) is 70.1 Å². The Morgan fingerprint density at radius 2 is 1.84 bits per heavy atom. The zero-order valence-corrected chi connectivity index (χ0v) is 17.9. The number of carbonyl (C=O) groups excluding carboxylic acids is 1. The lowest BCUT2D eigenvalue weighted by Crippen LogP contribution is -2.37. The van der Waals surface area contributed by atoms with Crippen molar-refractivity contribution in [3.05, 3.63) is 84.7 Å². The largest absolute Gasteiger partial charge is 0.308 e. The van der Waals surface area contributed by atoms with Gasteiger partial charge in [0.05, 0.1) is 5.75 Å². The molecule has 0 radical (unpaired) electrons. The number of fused-ring (bicyclic) bond motifs is 1. The van der Waals surface area contributed by atoms with E-state index in [2.05, 4.69) is 28.2 Å². The summed E-state index contributed by atoms with van der Waals surface area (Å²) >= 11 is 1.41. The molecule has 4 aromatic rings. The number of aromatic nitrogens is 4. The molecular formula is C24H21N5OS. The highest BCUT2D eigenvalue weighted by atomic mass is 32.2. The van der Waals surface area contributed by atoms with E-state index in [1.165, 1.54) is 17.3 Å². The Bertz CT molecular complexity index is 1210. The van der Waals surface area contributed by atoms with E-state index < -0.39 is 0 Å². The van der Waals surface area contributed by atoms with E-state index in [9.17, 15) is 4.79 Å². The quantitative estimate of drug-likeness (QED) is 0.442. The van der Waals surface area contributed by atoms with E-state index in [1.54, 1.807) is 12.4 Å². The zero-order valence-electron chi connectivity index (χ0n) is 17.0. The van der Waals surface area contributed by atoms with Crippen molar-refractivity contribution in [1.29, 1.82) is 0 Å². The molecule has 2 aromatic heterocycles. The first kappa shape index (κ1) is 19.5. The number of para-hydroxylation sites is 2. The van der Waals surface area contributed by atoms with Crippen LogP contribution >= 0.6 is 11.8 Å². The van der Waals surface area contributed by atoms with E-state index in [0.717, 1.165) is 23.4 Å². The van der Waals surface area contributed by atoms with E-state index >= 15 is 0 Å². The van der Waals surface area contributed by atoms with Gasteiger partial charge in [-0.15, -0.1) is 10.2 Å². The van der Waals surface area contributed by atoms with Crippen LogP contribution in [0.5, 0.6) is 0 Å². The monoisotopic (exact) mass is 427 g/mol. The van der Waals surface area contributed by atoms with Crippen molar-refractivity contribution in [2.24, 2.45) is 0 Å². The Balaban J connectivity index is 1.44. The molecule has 1 amide bonds. The molecule has 154 valence electrons. The summed E-state index contributed by atoms with van der Waals surface area (Å²) < 4.78 is 1.98. The smallest absolute Gasteiger partial charge is 0.237 e. The summed E-state index contributed by atoms with van der Waals surface area (Å²) in [4.78, 5) is 19.3. The van der Waals surface area contributed by atoms with Gasteiger partial charge in [-0.1, -0.05) is 48.2 Å². The molecule has 0 bridgehead atoms. The van der Waals surface area contributed by atoms with Crippen molar-refractivity contribution in [3.8, 4) is 17.1 Å². The average Bonchev–Trinajstić information content (AvgIpc) is 3.39. The molecule has 2 aromatic carbocycles. The lowest BCUT2D eigenvalue weighted by Gasteiger charge is -2.22. The van der Waals surface area contributed by atoms with Crippen molar-refractivity contribution >= 4 is 23.4 Å². The van der Waals surface area contributed by atoms with Crippen molar-refractivity contribution < 1.29 is 4.79 Å². The molecule has 31 heavy (non-hydrogen) atoms. The lowest BCUT2D eigenvalue weighted by molar-refractivity contribution is -0.116. The Morgan fingerprint density at radius 1 is 1.03 bits per heavy atom. The highest BCUT2D eigenvalue weighted by Crippen LogP contribution is 2.33. The van der Waals surface area contributed by atoms with Crippen LogP contribution in [0.25, 0.3) is 17.1 Å². The summed E-state index contributed by atoms with van der Waals surface area (Å²) in [6, 6.07) is 22.1. The molecule has 1 aliphatic heterocycles. The van der Waals surface area contributed by atoms with E-state index in [-0.39, 0.29) is 17.7 Å². The first-order valence-electron chi connectivity index (χ1n) is 10.2. The molecule has 3 heterocycles. The van der Waals surface area contributed by atoms with Crippen molar-refractivity contribution in [3.63, 3.8) is 0 Å². The third kappa shape index (κ3) is 3.72. The number of thioether (sulfide) groups is 1. The first-order chi connectivity index (χ1) is 15.2. The number of rotatable bonds is 5. The molecule has 1 atom stereocenters. The number of carbonyl (C=O) groups is 1. The van der Waals surface area contributed by atoms with Gasteiger partial charge in [0.2, 0.25) is 5.91 Å². The third-order valence-corrected chi connectivity index (χ3v) is 6.28. The maximum absolute atomic E-state index is 13.2. The molecule has 1 unspecified atom stereocenters. The SMILES string of the molecule is CC1Cc2ccccc2N1C(=O)CSc1nnc(-c2cccnc2)n1-c1ccccc1. The first-order valence-corrected chi connectivity index (χ1v) is 11.1.